The number of hydrogen-bond acceptors (Lipinski definition) is 3. The molecule has 2 heterocycles. The summed E-state index contributed by atoms with van der Waals surface area (Å²) >= 11 is 6.01. The van der Waals surface area contributed by atoms with Gasteiger partial charge in [0.25, 0.3) is 0 Å². The van der Waals surface area contributed by atoms with E-state index >= 15 is 0 Å². The zero-order chi connectivity index (χ0) is 19.4. The quantitative estimate of drug-likeness (QED) is 0.772. The summed E-state index contributed by atoms with van der Waals surface area (Å²) < 4.78 is 5.34. The molecule has 0 N–H and O–H groups in total. The molecule has 1 aromatic carbocycles. The lowest BCUT2D eigenvalue weighted by Gasteiger charge is -2.33. The number of likely N-dealkylation sites (tertiary alicyclic amines) is 1. The Morgan fingerprint density at radius 1 is 1.15 bits per heavy atom. The van der Waals surface area contributed by atoms with Gasteiger partial charge in [-0.15, -0.1) is 0 Å². The Labute approximate surface area is 166 Å². The van der Waals surface area contributed by atoms with Crippen LogP contribution < -0.4 is 0 Å². The second-order valence-electron chi connectivity index (χ2n) is 7.79. The van der Waals surface area contributed by atoms with Crippen LogP contribution in [0.5, 0.6) is 0 Å². The SMILES string of the molecule is CC(C)C(CC(=O)N1CCC[C@H]1C(=O)N1CCOCC1)c1ccc(Cl)cc1. The second kappa shape index (κ2) is 9.07. The summed E-state index contributed by atoms with van der Waals surface area (Å²) in [5.74, 6) is 0.602. The summed E-state index contributed by atoms with van der Waals surface area (Å²) in [6.07, 6.45) is 2.07. The van der Waals surface area contributed by atoms with E-state index in [0.717, 1.165) is 18.4 Å². The highest BCUT2D eigenvalue weighted by molar-refractivity contribution is 6.30. The molecule has 5 nitrogen and oxygen atoms in total. The van der Waals surface area contributed by atoms with Gasteiger partial charge in [-0.2, -0.15) is 0 Å². The molecule has 2 aliphatic rings. The Morgan fingerprint density at radius 2 is 1.81 bits per heavy atom. The molecule has 6 heteroatoms. The molecule has 0 aromatic heterocycles. The smallest absolute Gasteiger partial charge is 0.245 e. The highest BCUT2D eigenvalue weighted by atomic mass is 35.5. The predicted molar refractivity (Wildman–Crippen MR) is 106 cm³/mol. The number of hydrogen-bond donors (Lipinski definition) is 0. The molecule has 148 valence electrons. The largest absolute Gasteiger partial charge is 0.378 e. The molecule has 2 amide bonds. The van der Waals surface area contributed by atoms with Crippen molar-refractivity contribution in [2.75, 3.05) is 32.8 Å². The first kappa shape index (κ1) is 20.2. The lowest BCUT2D eigenvalue weighted by Crippen LogP contribution is -2.51. The second-order valence-corrected chi connectivity index (χ2v) is 8.23. The van der Waals surface area contributed by atoms with Gasteiger partial charge in [0, 0.05) is 31.1 Å². The van der Waals surface area contributed by atoms with Crippen LogP contribution in [0.3, 0.4) is 0 Å². The average Bonchev–Trinajstić information content (AvgIpc) is 3.16. The molecule has 0 aliphatic carbocycles. The van der Waals surface area contributed by atoms with E-state index in [4.69, 9.17) is 16.3 Å². The number of amides is 2. The Balaban J connectivity index is 1.69. The van der Waals surface area contributed by atoms with Crippen LogP contribution in [0.4, 0.5) is 0 Å². The van der Waals surface area contributed by atoms with Crippen molar-refractivity contribution in [3.63, 3.8) is 0 Å². The standard InChI is InChI=1S/C21H29ClN2O3/c1-15(2)18(16-5-7-17(22)8-6-16)14-20(25)24-9-3-4-19(24)21(26)23-10-12-27-13-11-23/h5-8,15,18-19H,3-4,9-14H2,1-2H3/t18?,19-/m0/s1. The molecular weight excluding hydrogens is 364 g/mol. The number of nitrogens with zero attached hydrogens (tertiary/aromatic N) is 2. The number of ether oxygens (including phenoxy) is 1. The number of rotatable bonds is 5. The van der Waals surface area contributed by atoms with Gasteiger partial charge in [0.05, 0.1) is 13.2 Å². The maximum atomic E-state index is 13.1. The molecule has 27 heavy (non-hydrogen) atoms. The summed E-state index contributed by atoms with van der Waals surface area (Å²) in [7, 11) is 0. The van der Waals surface area contributed by atoms with E-state index in [2.05, 4.69) is 13.8 Å². The highest BCUT2D eigenvalue weighted by Crippen LogP contribution is 2.31. The van der Waals surface area contributed by atoms with Gasteiger partial charge in [0.2, 0.25) is 11.8 Å². The Bertz CT molecular complexity index is 656. The van der Waals surface area contributed by atoms with Crippen LogP contribution in [0.2, 0.25) is 5.02 Å². The summed E-state index contributed by atoms with van der Waals surface area (Å²) in [5.41, 5.74) is 1.12. The van der Waals surface area contributed by atoms with Gasteiger partial charge in [0.15, 0.2) is 0 Å². The number of carbonyl (C=O) groups excluding carboxylic acids is 2. The van der Waals surface area contributed by atoms with Crippen LogP contribution >= 0.6 is 11.6 Å². The zero-order valence-corrected chi connectivity index (χ0v) is 17.0. The number of benzene rings is 1. The number of morpholine rings is 1. The lowest BCUT2D eigenvalue weighted by atomic mass is 9.85. The van der Waals surface area contributed by atoms with Gasteiger partial charge >= 0.3 is 0 Å². The van der Waals surface area contributed by atoms with E-state index < -0.39 is 0 Å². The predicted octanol–water partition coefficient (Wildman–Crippen LogP) is 3.32. The minimum Gasteiger partial charge on any atom is -0.378 e. The van der Waals surface area contributed by atoms with Crippen molar-refractivity contribution in [2.45, 2.75) is 45.1 Å². The molecule has 0 saturated carbocycles. The third-order valence-electron chi connectivity index (χ3n) is 5.68. The summed E-state index contributed by atoms with van der Waals surface area (Å²) in [4.78, 5) is 29.7. The molecule has 2 atom stereocenters. The van der Waals surface area contributed by atoms with Gasteiger partial charge < -0.3 is 14.5 Å². The maximum Gasteiger partial charge on any atom is 0.245 e. The Morgan fingerprint density at radius 3 is 2.44 bits per heavy atom. The van der Waals surface area contributed by atoms with Crippen molar-refractivity contribution in [3.05, 3.63) is 34.9 Å². The summed E-state index contributed by atoms with van der Waals surface area (Å²) in [6, 6.07) is 7.43. The van der Waals surface area contributed by atoms with Crippen molar-refractivity contribution >= 4 is 23.4 Å². The minimum atomic E-state index is -0.311. The molecule has 0 radical (unpaired) electrons. The van der Waals surface area contributed by atoms with Crippen molar-refractivity contribution in [1.29, 1.82) is 0 Å². The fourth-order valence-corrected chi connectivity index (χ4v) is 4.20. The molecule has 3 rings (SSSR count). The third-order valence-corrected chi connectivity index (χ3v) is 5.93. The first-order valence-corrected chi connectivity index (χ1v) is 10.3. The number of carbonyl (C=O) groups is 2. The third kappa shape index (κ3) is 4.82. The van der Waals surface area contributed by atoms with Gasteiger partial charge in [-0.05, 0) is 42.4 Å². The highest BCUT2D eigenvalue weighted by Gasteiger charge is 2.37. The topological polar surface area (TPSA) is 49.9 Å². The van der Waals surface area contributed by atoms with Gasteiger partial charge in [-0.3, -0.25) is 9.59 Å². The minimum absolute atomic E-state index is 0.0766. The Hall–Kier alpha value is -1.59. The van der Waals surface area contributed by atoms with Crippen LogP contribution in [0.1, 0.15) is 44.6 Å². The lowest BCUT2D eigenvalue weighted by molar-refractivity contribution is -0.146. The van der Waals surface area contributed by atoms with Crippen LogP contribution in [0.25, 0.3) is 0 Å². The van der Waals surface area contributed by atoms with E-state index in [9.17, 15) is 9.59 Å². The number of halogens is 1. The fourth-order valence-electron chi connectivity index (χ4n) is 4.07. The van der Waals surface area contributed by atoms with Crippen molar-refractivity contribution < 1.29 is 14.3 Å². The van der Waals surface area contributed by atoms with Crippen LogP contribution in [-0.2, 0) is 14.3 Å². The van der Waals surface area contributed by atoms with Crippen LogP contribution in [0.15, 0.2) is 24.3 Å². The van der Waals surface area contributed by atoms with E-state index in [0.29, 0.717) is 50.2 Å². The van der Waals surface area contributed by atoms with Crippen molar-refractivity contribution in [3.8, 4) is 0 Å². The van der Waals surface area contributed by atoms with E-state index in [1.807, 2.05) is 34.1 Å². The van der Waals surface area contributed by atoms with Gasteiger partial charge in [-0.25, -0.2) is 0 Å². The average molecular weight is 393 g/mol. The molecular formula is C21H29ClN2O3. The molecule has 0 bridgehead atoms. The normalized spacial score (nSPS) is 21.6. The van der Waals surface area contributed by atoms with Gasteiger partial charge in [-0.1, -0.05) is 37.6 Å². The fraction of sp³-hybridized carbons (Fsp3) is 0.619. The van der Waals surface area contributed by atoms with E-state index in [-0.39, 0.29) is 23.8 Å². The first-order valence-electron chi connectivity index (χ1n) is 9.89. The molecule has 2 fully saturated rings. The monoisotopic (exact) mass is 392 g/mol. The molecule has 1 unspecified atom stereocenters. The maximum absolute atomic E-state index is 13.1. The molecule has 2 saturated heterocycles. The zero-order valence-electron chi connectivity index (χ0n) is 16.2. The van der Waals surface area contributed by atoms with Crippen LogP contribution in [-0.4, -0.2) is 60.5 Å². The summed E-state index contributed by atoms with van der Waals surface area (Å²) in [5, 5.41) is 0.697. The van der Waals surface area contributed by atoms with Crippen molar-refractivity contribution in [2.24, 2.45) is 5.92 Å². The molecule has 1 aromatic rings. The van der Waals surface area contributed by atoms with E-state index in [1.54, 1.807) is 0 Å². The van der Waals surface area contributed by atoms with E-state index in [1.165, 1.54) is 0 Å². The first-order chi connectivity index (χ1) is 13.0. The molecule has 2 aliphatic heterocycles. The molecule has 0 spiro atoms. The Kier molecular flexibility index (Phi) is 6.77. The van der Waals surface area contributed by atoms with Crippen molar-refractivity contribution in [1.82, 2.24) is 9.80 Å². The summed E-state index contributed by atoms with van der Waals surface area (Å²) in [6.45, 7) is 7.34. The van der Waals surface area contributed by atoms with Gasteiger partial charge in [0.1, 0.15) is 6.04 Å². The van der Waals surface area contributed by atoms with Crippen LogP contribution in [0, 0.1) is 5.92 Å².